The van der Waals surface area contributed by atoms with Crippen molar-refractivity contribution in [3.05, 3.63) is 61.9 Å². The molecule has 1 saturated heterocycles. The molecule has 3 heterocycles. The first-order valence-electron chi connectivity index (χ1n) is 10.0. The average molecular weight is 541 g/mol. The Morgan fingerprint density at radius 1 is 1.42 bits per heavy atom. The summed E-state index contributed by atoms with van der Waals surface area (Å²) < 4.78 is 33.3. The predicted molar refractivity (Wildman–Crippen MR) is 120 cm³/mol. The number of halogens is 3. The number of hydrogen-bond donors (Lipinski definition) is 2. The molecule has 12 heteroatoms. The lowest BCUT2D eigenvalue weighted by Crippen LogP contribution is -2.63. The molecule has 0 saturated carbocycles. The molecule has 0 bridgehead atoms. The van der Waals surface area contributed by atoms with Gasteiger partial charge in [0.05, 0.1) is 12.2 Å². The summed E-state index contributed by atoms with van der Waals surface area (Å²) in [4.78, 5) is 34.9. The minimum absolute atomic E-state index is 0.0504. The van der Waals surface area contributed by atoms with E-state index in [4.69, 9.17) is 4.74 Å². The van der Waals surface area contributed by atoms with Gasteiger partial charge in [0.15, 0.2) is 10.8 Å². The molecule has 0 aliphatic carbocycles. The number of nitrogens with one attached hydrogen (secondary N) is 1. The lowest BCUT2D eigenvalue weighted by Gasteiger charge is -2.42. The Morgan fingerprint density at radius 3 is 2.82 bits per heavy atom. The molecule has 2 aliphatic rings. The molecular weight excluding hydrogens is 522 g/mol. The molecule has 33 heavy (non-hydrogen) atoms. The number of carbonyl (C=O) groups is 2. The van der Waals surface area contributed by atoms with Crippen LogP contribution in [0, 0.1) is 5.82 Å². The van der Waals surface area contributed by atoms with Gasteiger partial charge in [-0.25, -0.2) is 18.6 Å². The fourth-order valence-electron chi connectivity index (χ4n) is 3.77. The zero-order valence-corrected chi connectivity index (χ0v) is 19.7. The predicted octanol–water partition coefficient (Wildman–Crippen LogP) is 3.06. The third-order valence-electron chi connectivity index (χ3n) is 5.27. The molecular formula is C21H19BrF2N4O4S. The first kappa shape index (κ1) is 23.5. The molecule has 2 N–H and O–H groups in total. The van der Waals surface area contributed by atoms with Gasteiger partial charge in [-0.1, -0.05) is 22.0 Å². The summed E-state index contributed by atoms with van der Waals surface area (Å²) in [6.07, 6.45) is 0.0905. The monoisotopic (exact) mass is 540 g/mol. The number of carboxylic acids is 1. The largest absolute Gasteiger partial charge is 0.480 e. The maximum absolute atomic E-state index is 13.9. The number of benzene rings is 1. The Balaban J connectivity index is 1.82. The Morgan fingerprint density at radius 2 is 2.21 bits per heavy atom. The summed E-state index contributed by atoms with van der Waals surface area (Å²) in [5, 5.41) is 14.8. The summed E-state index contributed by atoms with van der Waals surface area (Å²) in [5.41, 5.74) is 0.971. The maximum Gasteiger partial charge on any atom is 0.338 e. The molecule has 1 aromatic heterocycles. The summed E-state index contributed by atoms with van der Waals surface area (Å²) in [5.74, 6) is -2.05. The Bertz CT molecular complexity index is 1140. The second-order valence-electron chi connectivity index (χ2n) is 7.35. The van der Waals surface area contributed by atoms with Crippen molar-refractivity contribution in [1.82, 2.24) is 15.2 Å². The highest BCUT2D eigenvalue weighted by Gasteiger charge is 2.46. The maximum atomic E-state index is 13.9. The van der Waals surface area contributed by atoms with Crippen LogP contribution < -0.4 is 5.32 Å². The number of amidine groups is 1. The van der Waals surface area contributed by atoms with Gasteiger partial charge in [-0.3, -0.25) is 14.7 Å². The number of aliphatic carboxylic acids is 1. The van der Waals surface area contributed by atoms with Gasteiger partial charge in [-0.2, -0.15) is 0 Å². The summed E-state index contributed by atoms with van der Waals surface area (Å²) in [6.45, 7) is 1.62. The van der Waals surface area contributed by atoms with Crippen LogP contribution in [0.1, 0.15) is 23.5 Å². The molecule has 4 rings (SSSR count). The van der Waals surface area contributed by atoms with Crippen LogP contribution in [0.15, 0.2) is 50.5 Å². The number of nitrogens with zero attached hydrogens (tertiary/aromatic N) is 3. The van der Waals surface area contributed by atoms with Crippen LogP contribution in [0.4, 0.5) is 8.78 Å². The molecule has 174 valence electrons. The van der Waals surface area contributed by atoms with E-state index in [1.54, 1.807) is 18.5 Å². The van der Waals surface area contributed by atoms with E-state index in [2.05, 4.69) is 31.2 Å². The molecule has 3 atom stereocenters. The van der Waals surface area contributed by atoms with Crippen molar-refractivity contribution < 1.29 is 28.2 Å². The van der Waals surface area contributed by atoms with Gasteiger partial charge in [0, 0.05) is 34.8 Å². The van der Waals surface area contributed by atoms with Crippen LogP contribution in [0.3, 0.4) is 0 Å². The zero-order chi connectivity index (χ0) is 23.7. The average Bonchev–Trinajstić information content (AvgIpc) is 3.27. The second kappa shape index (κ2) is 9.65. The van der Waals surface area contributed by atoms with E-state index in [9.17, 15) is 23.5 Å². The third-order valence-corrected chi connectivity index (χ3v) is 6.74. The minimum Gasteiger partial charge on any atom is -0.480 e. The number of likely N-dealkylation sites (tertiary alicyclic amines) is 1. The van der Waals surface area contributed by atoms with Crippen molar-refractivity contribution in [2.75, 3.05) is 19.7 Å². The van der Waals surface area contributed by atoms with Gasteiger partial charge in [0.2, 0.25) is 0 Å². The van der Waals surface area contributed by atoms with Crippen LogP contribution in [0.5, 0.6) is 0 Å². The number of aromatic nitrogens is 1. The van der Waals surface area contributed by atoms with Gasteiger partial charge >= 0.3 is 11.9 Å². The number of rotatable bonds is 7. The minimum atomic E-state index is -1.51. The normalized spacial score (nSPS) is 22.9. The van der Waals surface area contributed by atoms with Crippen molar-refractivity contribution in [3.8, 4) is 0 Å². The van der Waals surface area contributed by atoms with Crippen LogP contribution >= 0.6 is 27.3 Å². The fraction of sp³-hybridized carbons (Fsp3) is 0.333. The molecule has 0 radical (unpaired) electrons. The molecule has 1 fully saturated rings. The van der Waals surface area contributed by atoms with Crippen LogP contribution in [-0.4, -0.2) is 64.7 Å². The van der Waals surface area contributed by atoms with E-state index >= 15 is 0 Å². The Labute approximate surface area is 200 Å². The van der Waals surface area contributed by atoms with Crippen LogP contribution in [-0.2, 0) is 14.3 Å². The lowest BCUT2D eigenvalue weighted by molar-refractivity contribution is -0.153. The van der Waals surface area contributed by atoms with E-state index in [1.165, 1.54) is 34.4 Å². The summed E-state index contributed by atoms with van der Waals surface area (Å²) in [7, 11) is 0. The first-order chi connectivity index (χ1) is 15.8. The highest BCUT2D eigenvalue weighted by Crippen LogP contribution is 2.37. The second-order valence-corrected chi connectivity index (χ2v) is 9.10. The van der Waals surface area contributed by atoms with Crippen molar-refractivity contribution >= 4 is 45.0 Å². The number of alkyl halides is 1. The highest BCUT2D eigenvalue weighted by atomic mass is 79.9. The standard InChI is InChI=1S/C21H19BrF2N4O4S/c1-2-32-21(31)15-14(9-28-8-13(24)17(28)20(29)30)26-18(19-25-5-6-33-19)27-16(15)11-4-3-10(23)7-12(11)22/h3-7,13,16-17H,2,8-9H2,1H3,(H,26,27)(H,29,30)/t13?,16-,17?/m0/s1. The quantitative estimate of drug-likeness (QED) is 0.520. The smallest absolute Gasteiger partial charge is 0.338 e. The van der Waals surface area contributed by atoms with E-state index in [-0.39, 0.29) is 25.3 Å². The first-order valence-corrected chi connectivity index (χ1v) is 11.7. The molecule has 0 spiro atoms. The zero-order valence-electron chi connectivity index (χ0n) is 17.3. The summed E-state index contributed by atoms with van der Waals surface area (Å²) in [6, 6.07) is 1.83. The van der Waals surface area contributed by atoms with Gasteiger partial charge in [-0.05, 0) is 24.6 Å². The Kier molecular flexibility index (Phi) is 6.86. The number of hydrogen-bond acceptors (Lipinski definition) is 8. The van der Waals surface area contributed by atoms with Gasteiger partial charge in [0.25, 0.3) is 0 Å². The lowest BCUT2D eigenvalue weighted by atomic mass is 9.93. The molecule has 0 amide bonds. The van der Waals surface area contributed by atoms with Crippen LogP contribution in [0.2, 0.25) is 0 Å². The van der Waals surface area contributed by atoms with E-state index < -0.39 is 36.0 Å². The van der Waals surface area contributed by atoms with Gasteiger partial charge in [-0.15, -0.1) is 11.3 Å². The molecule has 2 aromatic rings. The molecule has 2 unspecified atom stereocenters. The number of esters is 1. The van der Waals surface area contributed by atoms with Crippen molar-refractivity contribution in [1.29, 1.82) is 0 Å². The van der Waals surface area contributed by atoms with Crippen LogP contribution in [0.25, 0.3) is 0 Å². The van der Waals surface area contributed by atoms with E-state index in [1.807, 2.05) is 0 Å². The van der Waals surface area contributed by atoms with Gasteiger partial charge in [0.1, 0.15) is 24.1 Å². The number of carboxylic acid groups (broad SMARTS) is 1. The van der Waals surface area contributed by atoms with Crippen molar-refractivity contribution in [3.63, 3.8) is 0 Å². The highest BCUT2D eigenvalue weighted by molar-refractivity contribution is 9.10. The third kappa shape index (κ3) is 4.68. The van der Waals surface area contributed by atoms with E-state index in [0.29, 0.717) is 26.6 Å². The van der Waals surface area contributed by atoms with Gasteiger partial charge < -0.3 is 15.2 Å². The topological polar surface area (TPSA) is 104 Å². The summed E-state index contributed by atoms with van der Waals surface area (Å²) >= 11 is 4.66. The number of carbonyl (C=O) groups excluding carboxylic acids is 1. The number of ether oxygens (including phenoxy) is 1. The fourth-order valence-corrected chi connectivity index (χ4v) is 4.93. The SMILES string of the molecule is CCOC(=O)C1=C(CN2CC(F)C2C(=O)O)NC(c2nccs2)=N[C@H]1c1ccc(F)cc1Br. The van der Waals surface area contributed by atoms with E-state index in [0.717, 1.165) is 0 Å². The molecule has 1 aromatic carbocycles. The van der Waals surface area contributed by atoms with Crippen molar-refractivity contribution in [2.45, 2.75) is 25.2 Å². The molecule has 2 aliphatic heterocycles. The van der Waals surface area contributed by atoms with Crippen molar-refractivity contribution in [2.24, 2.45) is 4.99 Å². The number of aliphatic imine (C=N–C) groups is 1. The Hall–Kier alpha value is -2.70. The number of thiazole rings is 1. The molecule has 8 nitrogen and oxygen atoms in total.